The number of thiophene rings is 1. The number of carbonyl (C=O) groups excluding carboxylic acids is 8. The van der Waals surface area contributed by atoms with E-state index in [0.29, 0.717) is 27.9 Å². The minimum atomic E-state index is -1.45. The number of aliphatic hydroxyl groups is 1. The molecule has 79 heavy (non-hydrogen) atoms. The zero-order chi connectivity index (χ0) is 57.0. The summed E-state index contributed by atoms with van der Waals surface area (Å²) >= 11 is 10.4. The average molecular weight is 1160 g/mol. The monoisotopic (exact) mass is 1150 g/mol. The summed E-state index contributed by atoms with van der Waals surface area (Å²) in [6.07, 6.45) is -1.93. The molecular weight excluding hydrogens is 1090 g/mol. The number of nitrogens with one attached hydrogen (secondary N) is 5. The summed E-state index contributed by atoms with van der Waals surface area (Å²) in [7, 11) is 0. The lowest BCUT2D eigenvalue weighted by Gasteiger charge is -2.35. The summed E-state index contributed by atoms with van der Waals surface area (Å²) in [4.78, 5) is 125. The summed E-state index contributed by atoms with van der Waals surface area (Å²) < 4.78 is 1.89. The first-order chi connectivity index (χ1) is 37.5. The minimum absolute atomic E-state index is 0.0542. The van der Waals surface area contributed by atoms with Crippen LogP contribution >= 0.6 is 46.0 Å². The van der Waals surface area contributed by atoms with E-state index in [9.17, 15) is 43.5 Å². The number of aliphatic imine (C=N–C) groups is 1. The Bertz CT molecular complexity index is 3210. The number of thiazole rings is 1. The summed E-state index contributed by atoms with van der Waals surface area (Å²) in [6, 6.07) is 7.82. The van der Waals surface area contributed by atoms with Crippen LogP contribution in [-0.4, -0.2) is 138 Å². The number of thioether (sulfide) groups is 1. The molecule has 8 rings (SSSR count). The zero-order valence-corrected chi connectivity index (χ0v) is 47.9. The van der Waals surface area contributed by atoms with Crippen LogP contribution in [0.2, 0.25) is 5.02 Å². The Balaban J connectivity index is 1.07. The number of Topliss-reactive ketones (excluding diaryl/α,β-unsaturated/α-hetero) is 1. The molecule has 0 bridgehead atoms. The van der Waals surface area contributed by atoms with Crippen LogP contribution in [0.1, 0.15) is 103 Å². The third-order valence-electron chi connectivity index (χ3n) is 14.2. The fraction of sp³-hybridized carbons (Fsp3) is 0.444. The summed E-state index contributed by atoms with van der Waals surface area (Å²) in [6.45, 7) is 11.5. The summed E-state index contributed by atoms with van der Waals surface area (Å²) in [5.41, 5.74) is 11.8. The number of halogens is 1. The maximum atomic E-state index is 14.4. The second-order valence-electron chi connectivity index (χ2n) is 21.0. The van der Waals surface area contributed by atoms with Gasteiger partial charge >= 0.3 is 0 Å². The molecule has 0 spiro atoms. The Morgan fingerprint density at radius 2 is 1.62 bits per heavy atom. The lowest BCUT2D eigenvalue weighted by atomic mass is 9.85. The largest absolute Gasteiger partial charge is 0.391 e. The number of hydrogen-bond donors (Lipinski definition) is 7. The molecule has 2 saturated heterocycles. The molecule has 7 amide bonds. The van der Waals surface area contributed by atoms with Crippen molar-refractivity contribution in [2.75, 3.05) is 31.1 Å². The van der Waals surface area contributed by atoms with Crippen molar-refractivity contribution in [2.24, 2.45) is 22.1 Å². The predicted molar refractivity (Wildman–Crippen MR) is 301 cm³/mol. The van der Waals surface area contributed by atoms with Gasteiger partial charge in [-0.1, -0.05) is 68.8 Å². The Labute approximate surface area is 473 Å². The molecule has 2 fully saturated rings. The van der Waals surface area contributed by atoms with Gasteiger partial charge in [-0.15, -0.1) is 32.9 Å². The number of nitrogens with zero attached hydrogens (tertiary/aromatic N) is 6. The van der Waals surface area contributed by atoms with Crippen LogP contribution in [0.3, 0.4) is 0 Å². The van der Waals surface area contributed by atoms with E-state index in [0.717, 1.165) is 54.5 Å². The highest BCUT2D eigenvalue weighted by atomic mass is 35.5. The number of amides is 7. The average Bonchev–Trinajstić information content (AvgIpc) is 4.32. The van der Waals surface area contributed by atoms with Gasteiger partial charge in [0, 0.05) is 52.9 Å². The van der Waals surface area contributed by atoms with Crippen molar-refractivity contribution in [3.8, 4) is 15.4 Å². The van der Waals surface area contributed by atoms with Crippen LogP contribution in [0.25, 0.3) is 15.4 Å². The predicted octanol–water partition coefficient (Wildman–Crippen LogP) is 3.89. The molecule has 5 aromatic rings. The number of rotatable bonds is 8. The van der Waals surface area contributed by atoms with E-state index < -0.39 is 114 Å². The van der Waals surface area contributed by atoms with E-state index in [2.05, 4.69) is 41.8 Å². The first kappa shape index (κ1) is 58.3. The molecule has 6 heterocycles. The highest BCUT2D eigenvalue weighted by Gasteiger charge is 2.45. The van der Waals surface area contributed by atoms with Gasteiger partial charge in [-0.2, -0.15) is 11.8 Å². The lowest BCUT2D eigenvalue weighted by Crippen LogP contribution is -2.58. The highest BCUT2D eigenvalue weighted by Crippen LogP contribution is 2.40. The number of benzene rings is 2. The number of fused-ring (bicyclic) bond motifs is 4. The summed E-state index contributed by atoms with van der Waals surface area (Å²) in [5.74, 6) is -5.66. The van der Waals surface area contributed by atoms with Crippen molar-refractivity contribution in [3.63, 3.8) is 0 Å². The molecule has 3 aromatic heterocycles. The smallest absolute Gasteiger partial charge is 0.247 e. The molecule has 8 N–H and O–H groups in total. The van der Waals surface area contributed by atoms with Gasteiger partial charge in [0.2, 0.25) is 41.4 Å². The van der Waals surface area contributed by atoms with E-state index in [4.69, 9.17) is 22.3 Å². The normalized spacial score (nSPS) is 23.1. The molecule has 25 heteroatoms. The van der Waals surface area contributed by atoms with Gasteiger partial charge in [0.05, 0.1) is 46.6 Å². The number of ketones is 1. The van der Waals surface area contributed by atoms with E-state index in [-0.39, 0.29) is 37.3 Å². The fourth-order valence-electron chi connectivity index (χ4n) is 9.74. The molecule has 3 aliphatic heterocycles. The van der Waals surface area contributed by atoms with Crippen molar-refractivity contribution in [3.05, 3.63) is 104 Å². The Morgan fingerprint density at radius 1 is 0.911 bits per heavy atom. The molecule has 7 atom stereocenters. The first-order valence-electron chi connectivity index (χ1n) is 25.7. The van der Waals surface area contributed by atoms with Gasteiger partial charge in [0.15, 0.2) is 11.6 Å². The number of hydrogen-bond acceptors (Lipinski definition) is 16. The van der Waals surface area contributed by atoms with Gasteiger partial charge in [-0.05, 0) is 74.1 Å². The maximum Gasteiger partial charge on any atom is 0.247 e. The van der Waals surface area contributed by atoms with Crippen molar-refractivity contribution in [2.45, 2.75) is 110 Å². The zero-order valence-electron chi connectivity index (χ0n) is 44.7. The Morgan fingerprint density at radius 3 is 2.29 bits per heavy atom. The molecule has 0 radical (unpaired) electrons. The molecule has 2 aromatic carbocycles. The molecule has 418 valence electrons. The first-order valence-corrected chi connectivity index (χ1v) is 28.9. The van der Waals surface area contributed by atoms with Crippen LogP contribution < -0.4 is 32.3 Å². The van der Waals surface area contributed by atoms with Gasteiger partial charge < -0.3 is 42.3 Å². The fourth-order valence-corrected chi connectivity index (χ4v) is 12.8. The van der Waals surface area contributed by atoms with Gasteiger partial charge in [-0.3, -0.25) is 47.9 Å². The van der Waals surface area contributed by atoms with E-state index in [1.165, 1.54) is 16.2 Å². The second-order valence-corrected chi connectivity index (χ2v) is 24.6. The van der Waals surface area contributed by atoms with Gasteiger partial charge in [-0.25, -0.2) is 4.98 Å². The van der Waals surface area contributed by atoms with Crippen LogP contribution in [-0.2, 0) is 38.4 Å². The lowest BCUT2D eigenvalue weighted by molar-refractivity contribution is -0.144. The SMILES string of the molecule is Cc1ncsc1-c1ccc(C2NC(=O)[C@@H]3C[C@@H](O)CN3C(=O)[C@H](C(C)(C)C)NC(=O)CSCC[C@H](C(N)=O)CC(=O)[C@@H](CNC(=O)C[C@@H]3N=C(c4ccc(Cl)cc4)c4c(sc(C)c4C)-n4c(C)nnc43)NC(=O)CNC2=O)cc1. The highest BCUT2D eigenvalue weighted by molar-refractivity contribution is 7.99. The van der Waals surface area contributed by atoms with Gasteiger partial charge in [0.25, 0.3) is 0 Å². The Hall–Kier alpha value is -6.86. The third-order valence-corrected chi connectivity index (χ3v) is 17.6. The van der Waals surface area contributed by atoms with Crippen molar-refractivity contribution in [1.82, 2.24) is 51.2 Å². The number of aryl methyl sites for hydroxylation is 3. The van der Waals surface area contributed by atoms with Crippen LogP contribution in [0.5, 0.6) is 0 Å². The summed E-state index contributed by atoms with van der Waals surface area (Å²) in [5, 5.41) is 34.6. The number of primary amides is 1. The number of aliphatic hydroxyl groups excluding tert-OH is 1. The van der Waals surface area contributed by atoms with Crippen LogP contribution in [0.4, 0.5) is 0 Å². The second kappa shape index (κ2) is 24.7. The number of nitrogens with two attached hydrogens (primary N) is 1. The maximum absolute atomic E-state index is 14.4. The van der Waals surface area contributed by atoms with Crippen molar-refractivity contribution in [1.29, 1.82) is 0 Å². The standard InChI is InChI=1S/C54H63ClN12O9S3/c1-26-28(3)79-53-43(26)44(30-12-14-34(55)15-13-30)61-36(49-65-64-29(4)67(49)53)20-40(70)57-21-37-39(69)18-33(48(56)73)16-17-77-24-42(72)62-47(54(5,6)7)52(76)66-23-35(68)19-38(66)50(74)63-45(51(75)58-22-41(71)60-37)31-8-10-32(11-9-31)46-27(2)59-25-78-46/h8-15,25,33,35-38,45,47,68H,16-24H2,1-7H3,(H2,56,73)(H,57,70)(H,58,75)(H,60,71)(H,62,72)(H,63,74)/t33-,35+,36-,37+,38-,45?,47+/m0/s1. The third kappa shape index (κ3) is 13.4. The van der Waals surface area contributed by atoms with Crippen LogP contribution in [0, 0.1) is 39.0 Å². The van der Waals surface area contributed by atoms with Gasteiger partial charge in [0.1, 0.15) is 41.0 Å². The molecule has 1 unspecified atom stereocenters. The quantitative estimate of drug-likeness (QED) is 0.116. The van der Waals surface area contributed by atoms with E-state index >= 15 is 0 Å². The molecule has 21 nitrogen and oxygen atoms in total. The number of aromatic nitrogens is 4. The molecule has 0 saturated carbocycles. The topological polar surface area (TPSA) is 302 Å². The Kier molecular flexibility index (Phi) is 18.2. The minimum Gasteiger partial charge on any atom is -0.391 e. The molecular formula is C54H63ClN12O9S3. The van der Waals surface area contributed by atoms with E-state index in [1.54, 1.807) is 74.0 Å². The van der Waals surface area contributed by atoms with E-state index in [1.807, 2.05) is 44.4 Å². The molecule has 0 aliphatic carbocycles. The van der Waals surface area contributed by atoms with Crippen molar-refractivity contribution < 1.29 is 43.5 Å². The number of carbonyl (C=O) groups is 8. The van der Waals surface area contributed by atoms with Crippen molar-refractivity contribution >= 4 is 98.9 Å². The van der Waals surface area contributed by atoms with Crippen LogP contribution in [0.15, 0.2) is 59.0 Å². The molecule has 3 aliphatic rings.